The zero-order valence-electron chi connectivity index (χ0n) is 24.0. The molecule has 3 amide bonds. The molecule has 1 unspecified atom stereocenters. The highest BCUT2D eigenvalue weighted by Crippen LogP contribution is 2.34. The van der Waals surface area contributed by atoms with Crippen molar-refractivity contribution in [2.24, 2.45) is 0 Å². The number of likely N-dealkylation sites (N-methyl/N-ethyl adjacent to an activating group) is 1. The fourth-order valence-electron chi connectivity index (χ4n) is 5.29. The van der Waals surface area contributed by atoms with Crippen molar-refractivity contribution in [2.45, 2.75) is 32.4 Å². The second-order valence-corrected chi connectivity index (χ2v) is 10.5. The summed E-state index contributed by atoms with van der Waals surface area (Å²) in [6.07, 6.45) is 0.579. The van der Waals surface area contributed by atoms with E-state index in [9.17, 15) is 19.2 Å². The van der Waals surface area contributed by atoms with Crippen molar-refractivity contribution in [2.75, 3.05) is 29.9 Å². The summed E-state index contributed by atoms with van der Waals surface area (Å²) in [5, 5.41) is 8.03. The first-order valence-corrected chi connectivity index (χ1v) is 14.1. The zero-order chi connectivity index (χ0) is 29.8. The van der Waals surface area contributed by atoms with Crippen LogP contribution in [0.15, 0.2) is 91.0 Å². The number of Topliss-reactive ketones (excluding diaryl/α,β-unsaturated/α-hetero) is 1. The normalized spacial score (nSPS) is 15.6. The minimum atomic E-state index is -0.978. The van der Waals surface area contributed by atoms with E-state index in [1.165, 1.54) is 6.92 Å². The second kappa shape index (κ2) is 12.4. The third kappa shape index (κ3) is 5.80. The third-order valence-corrected chi connectivity index (χ3v) is 7.80. The number of hydrogen-bond donors (Lipinski definition) is 2. The molecule has 0 fully saturated rings. The molecule has 2 N–H and O–H groups in total. The highest BCUT2D eigenvalue weighted by molar-refractivity contribution is 6.13. The lowest BCUT2D eigenvalue weighted by molar-refractivity contribution is -0.128. The van der Waals surface area contributed by atoms with Gasteiger partial charge in [-0.1, -0.05) is 66.7 Å². The third-order valence-electron chi connectivity index (χ3n) is 7.80. The Hall–Kier alpha value is -4.82. The Balaban J connectivity index is 1.54. The Morgan fingerprint density at radius 1 is 0.857 bits per heavy atom. The predicted octanol–water partition coefficient (Wildman–Crippen LogP) is 4.37. The van der Waals surface area contributed by atoms with Crippen LogP contribution in [0.4, 0.5) is 11.4 Å². The number of fused-ring (bicyclic) bond motifs is 2. The zero-order valence-corrected chi connectivity index (χ0v) is 24.0. The first-order chi connectivity index (χ1) is 20.3. The van der Waals surface area contributed by atoms with Crippen LogP contribution in [0, 0.1) is 0 Å². The molecule has 2 atom stereocenters. The summed E-state index contributed by atoms with van der Waals surface area (Å²) in [4.78, 5) is 56.1. The summed E-state index contributed by atoms with van der Waals surface area (Å²) in [7, 11) is 1.67. The molecule has 1 aliphatic rings. The molecule has 1 aliphatic heterocycles. The van der Waals surface area contributed by atoms with Gasteiger partial charge in [-0.2, -0.15) is 0 Å². The first-order valence-electron chi connectivity index (χ1n) is 14.1. The second-order valence-electron chi connectivity index (χ2n) is 10.5. The van der Waals surface area contributed by atoms with E-state index in [4.69, 9.17) is 0 Å². The molecule has 0 saturated carbocycles. The van der Waals surface area contributed by atoms with Crippen LogP contribution in [-0.2, 0) is 16.0 Å². The van der Waals surface area contributed by atoms with E-state index >= 15 is 0 Å². The molecule has 42 heavy (non-hydrogen) atoms. The summed E-state index contributed by atoms with van der Waals surface area (Å²) in [6, 6.07) is 26.5. The molecule has 0 bridgehead atoms. The summed E-state index contributed by atoms with van der Waals surface area (Å²) < 4.78 is 0. The topological polar surface area (TPSA) is 98.8 Å². The van der Waals surface area contributed by atoms with E-state index in [1.807, 2.05) is 42.5 Å². The van der Waals surface area contributed by atoms with Crippen molar-refractivity contribution in [3.05, 3.63) is 108 Å². The number of nitrogens with one attached hydrogen (secondary N) is 2. The van der Waals surface area contributed by atoms with Gasteiger partial charge in [-0.15, -0.1) is 0 Å². The maximum atomic E-state index is 14.2. The minimum absolute atomic E-state index is 0.0456. The lowest BCUT2D eigenvalue weighted by atomic mass is 10.0. The summed E-state index contributed by atoms with van der Waals surface area (Å²) in [5.74, 6) is -1.05. The van der Waals surface area contributed by atoms with Gasteiger partial charge in [-0.05, 0) is 67.9 Å². The van der Waals surface area contributed by atoms with E-state index in [0.29, 0.717) is 35.5 Å². The van der Waals surface area contributed by atoms with Gasteiger partial charge >= 0.3 is 0 Å². The van der Waals surface area contributed by atoms with Crippen molar-refractivity contribution < 1.29 is 19.2 Å². The Labute approximate surface area is 245 Å². The van der Waals surface area contributed by atoms with Gasteiger partial charge < -0.3 is 20.4 Å². The van der Waals surface area contributed by atoms with Gasteiger partial charge in [-0.25, -0.2) is 0 Å². The van der Waals surface area contributed by atoms with Gasteiger partial charge in [0.1, 0.15) is 6.04 Å². The molecule has 0 spiro atoms. The van der Waals surface area contributed by atoms with Crippen LogP contribution < -0.4 is 20.4 Å². The molecule has 4 aromatic rings. The average molecular weight is 563 g/mol. The monoisotopic (exact) mass is 562 g/mol. The first kappa shape index (κ1) is 28.7. The van der Waals surface area contributed by atoms with Crippen molar-refractivity contribution in [1.29, 1.82) is 0 Å². The van der Waals surface area contributed by atoms with Gasteiger partial charge in [0.2, 0.25) is 5.91 Å². The quantitative estimate of drug-likeness (QED) is 0.311. The molecule has 0 aromatic heterocycles. The number of carbonyl (C=O) groups is 4. The number of ketones is 1. The van der Waals surface area contributed by atoms with Crippen molar-refractivity contribution in [3.8, 4) is 0 Å². The van der Waals surface area contributed by atoms with E-state index < -0.39 is 12.1 Å². The van der Waals surface area contributed by atoms with Gasteiger partial charge in [0.05, 0.1) is 24.0 Å². The molecule has 5 rings (SSSR count). The molecule has 0 radical (unpaired) electrons. The summed E-state index contributed by atoms with van der Waals surface area (Å²) in [5.41, 5.74) is 3.15. The fourth-order valence-corrected chi connectivity index (χ4v) is 5.29. The molecule has 8 nitrogen and oxygen atoms in total. The van der Waals surface area contributed by atoms with Crippen molar-refractivity contribution in [1.82, 2.24) is 10.6 Å². The molecular weight excluding hydrogens is 528 g/mol. The smallest absolute Gasteiger partial charge is 0.258 e. The summed E-state index contributed by atoms with van der Waals surface area (Å²) in [6.45, 7) is 3.49. The van der Waals surface area contributed by atoms with E-state index in [1.54, 1.807) is 48.0 Å². The van der Waals surface area contributed by atoms with E-state index in [2.05, 4.69) is 34.9 Å². The van der Waals surface area contributed by atoms with E-state index in [0.717, 1.165) is 16.3 Å². The summed E-state index contributed by atoms with van der Waals surface area (Å²) >= 11 is 0. The molecule has 0 saturated heterocycles. The lowest BCUT2D eigenvalue weighted by Crippen LogP contribution is -2.56. The molecule has 0 aliphatic carbocycles. The number of nitrogens with zero attached hydrogens (tertiary/aromatic N) is 2. The van der Waals surface area contributed by atoms with Crippen molar-refractivity contribution >= 4 is 45.7 Å². The minimum Gasteiger partial charge on any atom is -0.341 e. The maximum absolute atomic E-state index is 14.2. The van der Waals surface area contributed by atoms with Gasteiger partial charge in [0.15, 0.2) is 5.78 Å². The molecule has 8 heteroatoms. The Morgan fingerprint density at radius 3 is 2.21 bits per heavy atom. The highest BCUT2D eigenvalue weighted by Gasteiger charge is 2.37. The van der Waals surface area contributed by atoms with Crippen LogP contribution in [0.25, 0.3) is 10.8 Å². The molecule has 4 aromatic carbocycles. The molecule has 214 valence electrons. The van der Waals surface area contributed by atoms with Crippen LogP contribution in [0.3, 0.4) is 0 Å². The Morgan fingerprint density at radius 2 is 1.50 bits per heavy atom. The Kier molecular flexibility index (Phi) is 8.45. The number of para-hydroxylation sites is 2. The standard InChI is InChI=1S/C34H34N4O4/c1-22(35-3)32(40)36-29-21-38(33(41)27-17-15-24(16-18-27)23(2)39)31-14-7-6-13-30(31)37(34(29)42)20-19-26-11-8-10-25-9-4-5-12-28(25)26/h4-18,22,29,35H,19-21H2,1-3H3,(H,36,40)/t22-,29?/m0/s1. The van der Waals surface area contributed by atoms with Gasteiger partial charge in [-0.3, -0.25) is 19.2 Å². The number of rotatable bonds is 8. The van der Waals surface area contributed by atoms with Gasteiger partial charge in [0, 0.05) is 17.7 Å². The van der Waals surface area contributed by atoms with Crippen LogP contribution >= 0.6 is 0 Å². The van der Waals surface area contributed by atoms with Crippen LogP contribution in [0.2, 0.25) is 0 Å². The Bertz CT molecular complexity index is 1640. The van der Waals surface area contributed by atoms with Crippen LogP contribution in [-0.4, -0.2) is 55.7 Å². The van der Waals surface area contributed by atoms with Crippen LogP contribution in [0.1, 0.15) is 40.1 Å². The van der Waals surface area contributed by atoms with E-state index in [-0.39, 0.29) is 30.0 Å². The molecule has 1 heterocycles. The SMILES string of the molecule is CN[C@@H](C)C(=O)NC1CN(C(=O)c2ccc(C(C)=O)cc2)c2ccccc2N(CCc2cccc3ccccc23)C1=O. The lowest BCUT2D eigenvalue weighted by Gasteiger charge is -2.26. The number of carbonyl (C=O) groups excluding carboxylic acids is 4. The number of amides is 3. The van der Waals surface area contributed by atoms with Crippen molar-refractivity contribution in [3.63, 3.8) is 0 Å². The predicted molar refractivity (Wildman–Crippen MR) is 165 cm³/mol. The largest absolute Gasteiger partial charge is 0.341 e. The van der Waals surface area contributed by atoms with Crippen LogP contribution in [0.5, 0.6) is 0 Å². The van der Waals surface area contributed by atoms with Gasteiger partial charge in [0.25, 0.3) is 11.8 Å². The molecular formula is C34H34N4O4. The fraction of sp³-hybridized carbons (Fsp3) is 0.235. The number of benzene rings is 4. The number of hydrogen-bond acceptors (Lipinski definition) is 5. The number of anilines is 2. The maximum Gasteiger partial charge on any atom is 0.258 e. The average Bonchev–Trinajstić information content (AvgIpc) is 3.13. The highest BCUT2D eigenvalue weighted by atomic mass is 16.2.